The number of hydrogen-bond donors (Lipinski definition) is 1. The molecule has 3 heteroatoms. The number of likely N-dealkylation sites (N-methyl/N-ethyl adjacent to an activating group) is 1. The van der Waals surface area contributed by atoms with Gasteiger partial charge < -0.3 is 10.6 Å². The summed E-state index contributed by atoms with van der Waals surface area (Å²) in [6.45, 7) is 0. The van der Waals surface area contributed by atoms with E-state index in [4.69, 9.17) is 5.73 Å². The number of carbonyl (C=O) groups excluding carboxylic acids is 1. The van der Waals surface area contributed by atoms with Crippen molar-refractivity contribution in [3.63, 3.8) is 0 Å². The van der Waals surface area contributed by atoms with Crippen molar-refractivity contribution in [1.29, 1.82) is 0 Å². The number of nitrogens with zero attached hydrogens (tertiary/aromatic N) is 1. The highest BCUT2D eigenvalue weighted by molar-refractivity contribution is 5.81. The van der Waals surface area contributed by atoms with E-state index in [2.05, 4.69) is 0 Å². The van der Waals surface area contributed by atoms with Crippen LogP contribution in [-0.2, 0) is 4.79 Å². The molecule has 0 saturated heterocycles. The standard InChI is InChI=1S/C11H20N2O/c1-13(11(14)8-6-7-8)10-5-3-2-4-9(10)12/h8-10H,2-7,12H2,1H3. The van der Waals surface area contributed by atoms with Crippen molar-refractivity contribution in [2.75, 3.05) is 7.05 Å². The molecule has 0 aromatic carbocycles. The molecule has 1 amide bonds. The van der Waals surface area contributed by atoms with Crippen LogP contribution >= 0.6 is 0 Å². The van der Waals surface area contributed by atoms with Gasteiger partial charge in [0.15, 0.2) is 0 Å². The van der Waals surface area contributed by atoms with Crippen molar-refractivity contribution in [2.45, 2.75) is 50.6 Å². The first-order valence-corrected chi connectivity index (χ1v) is 5.72. The Balaban J connectivity index is 1.94. The van der Waals surface area contributed by atoms with Crippen molar-refractivity contribution >= 4 is 5.91 Å². The van der Waals surface area contributed by atoms with E-state index in [0.717, 1.165) is 25.7 Å². The Labute approximate surface area is 85.6 Å². The van der Waals surface area contributed by atoms with Crippen LogP contribution in [0.3, 0.4) is 0 Å². The van der Waals surface area contributed by atoms with Gasteiger partial charge in [-0.15, -0.1) is 0 Å². The molecule has 0 heterocycles. The zero-order valence-electron chi connectivity index (χ0n) is 8.91. The number of nitrogens with two attached hydrogens (primary N) is 1. The van der Waals surface area contributed by atoms with Gasteiger partial charge in [-0.1, -0.05) is 12.8 Å². The molecule has 2 aliphatic carbocycles. The maximum Gasteiger partial charge on any atom is 0.225 e. The van der Waals surface area contributed by atoms with Crippen molar-refractivity contribution < 1.29 is 4.79 Å². The minimum atomic E-state index is 0.205. The molecule has 0 aliphatic heterocycles. The minimum absolute atomic E-state index is 0.205. The van der Waals surface area contributed by atoms with Crippen molar-refractivity contribution in [2.24, 2.45) is 11.7 Å². The second kappa shape index (κ2) is 3.89. The van der Waals surface area contributed by atoms with Gasteiger partial charge >= 0.3 is 0 Å². The van der Waals surface area contributed by atoms with Gasteiger partial charge in [-0.05, 0) is 25.7 Å². The summed E-state index contributed by atoms with van der Waals surface area (Å²) in [5.74, 6) is 0.654. The van der Waals surface area contributed by atoms with Crippen LogP contribution < -0.4 is 5.73 Å². The van der Waals surface area contributed by atoms with E-state index in [1.165, 1.54) is 12.8 Å². The smallest absolute Gasteiger partial charge is 0.225 e. The number of carbonyl (C=O) groups is 1. The third-order valence-corrected chi connectivity index (χ3v) is 3.55. The predicted octanol–water partition coefficient (Wildman–Crippen LogP) is 1.12. The van der Waals surface area contributed by atoms with Crippen molar-refractivity contribution in [1.82, 2.24) is 4.90 Å². The second-order valence-corrected chi connectivity index (χ2v) is 4.74. The van der Waals surface area contributed by atoms with Crippen LogP contribution in [-0.4, -0.2) is 29.9 Å². The Morgan fingerprint density at radius 3 is 2.43 bits per heavy atom. The highest BCUT2D eigenvalue weighted by Gasteiger charge is 2.36. The van der Waals surface area contributed by atoms with Gasteiger partial charge in [-0.25, -0.2) is 0 Å². The highest BCUT2D eigenvalue weighted by Crippen LogP contribution is 2.32. The Hall–Kier alpha value is -0.570. The van der Waals surface area contributed by atoms with Crippen molar-refractivity contribution in [3.05, 3.63) is 0 Å². The summed E-state index contributed by atoms with van der Waals surface area (Å²) in [5, 5.41) is 0. The molecule has 0 radical (unpaired) electrons. The molecule has 2 fully saturated rings. The molecule has 14 heavy (non-hydrogen) atoms. The fourth-order valence-electron chi connectivity index (χ4n) is 2.40. The number of hydrogen-bond acceptors (Lipinski definition) is 2. The summed E-state index contributed by atoms with van der Waals surface area (Å²) >= 11 is 0. The third kappa shape index (κ3) is 1.92. The summed E-state index contributed by atoms with van der Waals surface area (Å²) in [6.07, 6.45) is 6.79. The van der Waals surface area contributed by atoms with Gasteiger partial charge in [0.25, 0.3) is 0 Å². The molecule has 2 saturated carbocycles. The van der Waals surface area contributed by atoms with Gasteiger partial charge in [0.1, 0.15) is 0 Å². The van der Waals surface area contributed by atoms with Crippen LogP contribution in [0.2, 0.25) is 0 Å². The lowest BCUT2D eigenvalue weighted by molar-refractivity contribution is -0.134. The molecule has 3 nitrogen and oxygen atoms in total. The summed E-state index contributed by atoms with van der Waals surface area (Å²) in [5.41, 5.74) is 6.04. The van der Waals surface area contributed by atoms with E-state index >= 15 is 0 Å². The molecule has 80 valence electrons. The molecule has 2 N–H and O–H groups in total. The quantitative estimate of drug-likeness (QED) is 0.719. The highest BCUT2D eigenvalue weighted by atomic mass is 16.2. The molecule has 2 unspecified atom stereocenters. The molecule has 0 aromatic heterocycles. The zero-order valence-corrected chi connectivity index (χ0v) is 8.91. The third-order valence-electron chi connectivity index (χ3n) is 3.55. The maximum absolute atomic E-state index is 11.8. The average Bonchev–Trinajstić information content (AvgIpc) is 3.00. The molecule has 2 rings (SSSR count). The van der Waals surface area contributed by atoms with Crippen LogP contribution in [0.15, 0.2) is 0 Å². The minimum Gasteiger partial charge on any atom is -0.341 e. The molecule has 2 aliphatic rings. The van der Waals surface area contributed by atoms with E-state index in [1.807, 2.05) is 11.9 Å². The van der Waals surface area contributed by atoms with Crippen LogP contribution in [0.1, 0.15) is 38.5 Å². The summed E-state index contributed by atoms with van der Waals surface area (Å²) < 4.78 is 0. The van der Waals surface area contributed by atoms with Crippen molar-refractivity contribution in [3.8, 4) is 0 Å². The Kier molecular flexibility index (Phi) is 2.77. The average molecular weight is 196 g/mol. The van der Waals surface area contributed by atoms with Crippen LogP contribution in [0.4, 0.5) is 0 Å². The largest absolute Gasteiger partial charge is 0.341 e. The lowest BCUT2D eigenvalue weighted by Crippen LogP contribution is -2.50. The summed E-state index contributed by atoms with van der Waals surface area (Å²) in [7, 11) is 1.93. The first kappa shape index (κ1) is 9.97. The van der Waals surface area contributed by atoms with E-state index in [-0.39, 0.29) is 6.04 Å². The zero-order chi connectivity index (χ0) is 10.1. The van der Waals surface area contributed by atoms with E-state index in [9.17, 15) is 4.79 Å². The first-order chi connectivity index (χ1) is 6.70. The fraction of sp³-hybridized carbons (Fsp3) is 0.909. The molecule has 0 bridgehead atoms. The van der Waals surface area contributed by atoms with Crippen LogP contribution in [0, 0.1) is 5.92 Å². The monoisotopic (exact) mass is 196 g/mol. The van der Waals surface area contributed by atoms with Gasteiger partial charge in [0, 0.05) is 25.0 Å². The summed E-state index contributed by atoms with van der Waals surface area (Å²) in [6, 6.07) is 0.508. The lowest BCUT2D eigenvalue weighted by atomic mass is 9.90. The fourth-order valence-corrected chi connectivity index (χ4v) is 2.40. The maximum atomic E-state index is 11.8. The van der Waals surface area contributed by atoms with Gasteiger partial charge in [0.2, 0.25) is 5.91 Å². The first-order valence-electron chi connectivity index (χ1n) is 5.72. The van der Waals surface area contributed by atoms with E-state index < -0.39 is 0 Å². The van der Waals surface area contributed by atoms with Gasteiger partial charge in [0.05, 0.1) is 0 Å². The predicted molar refractivity (Wildman–Crippen MR) is 55.7 cm³/mol. The van der Waals surface area contributed by atoms with Crippen LogP contribution in [0.25, 0.3) is 0 Å². The Bertz CT molecular complexity index is 225. The van der Waals surface area contributed by atoms with E-state index in [0.29, 0.717) is 17.9 Å². The van der Waals surface area contributed by atoms with Gasteiger partial charge in [-0.2, -0.15) is 0 Å². The Morgan fingerprint density at radius 2 is 1.86 bits per heavy atom. The summed E-state index contributed by atoms with van der Waals surface area (Å²) in [4.78, 5) is 13.7. The topological polar surface area (TPSA) is 46.3 Å². The molecule has 0 aromatic rings. The molecule has 0 spiro atoms. The second-order valence-electron chi connectivity index (χ2n) is 4.74. The molecular formula is C11H20N2O. The molecule has 2 atom stereocenters. The van der Waals surface area contributed by atoms with E-state index in [1.54, 1.807) is 0 Å². The number of amides is 1. The Morgan fingerprint density at radius 1 is 1.21 bits per heavy atom. The van der Waals surface area contributed by atoms with Crippen LogP contribution in [0.5, 0.6) is 0 Å². The SMILES string of the molecule is CN(C(=O)C1CC1)C1CCCCC1N. The molecular weight excluding hydrogens is 176 g/mol. The lowest BCUT2D eigenvalue weighted by Gasteiger charge is -2.36. The van der Waals surface area contributed by atoms with Gasteiger partial charge in [-0.3, -0.25) is 4.79 Å². The number of rotatable bonds is 2. The normalized spacial score (nSPS) is 32.7.